The van der Waals surface area contributed by atoms with E-state index >= 15 is 0 Å². The van der Waals surface area contributed by atoms with Gasteiger partial charge in [0.1, 0.15) is 0 Å². The molecule has 0 heterocycles. The third-order valence-electron chi connectivity index (χ3n) is 3.00. The summed E-state index contributed by atoms with van der Waals surface area (Å²) in [6, 6.07) is 17.5. The maximum Gasteiger partial charge on any atom is 0.0577 e. The van der Waals surface area contributed by atoms with Gasteiger partial charge in [0.25, 0.3) is 0 Å². The van der Waals surface area contributed by atoms with Gasteiger partial charge in [0.05, 0.1) is 6.04 Å². The zero-order valence-electron chi connectivity index (χ0n) is 10.8. The monoisotopic (exact) mass is 303 g/mol. The highest BCUT2D eigenvalue weighted by Gasteiger charge is 2.12. The van der Waals surface area contributed by atoms with Gasteiger partial charge < -0.3 is 5.32 Å². The minimum absolute atomic E-state index is 0.257. The van der Waals surface area contributed by atoms with Crippen LogP contribution in [0.5, 0.6) is 0 Å². The number of aryl methyl sites for hydroxylation is 1. The van der Waals surface area contributed by atoms with Crippen molar-refractivity contribution >= 4 is 15.9 Å². The second-order valence-corrected chi connectivity index (χ2v) is 5.37. The summed E-state index contributed by atoms with van der Waals surface area (Å²) in [6.07, 6.45) is 0. The second kappa shape index (κ2) is 6.17. The van der Waals surface area contributed by atoms with Crippen LogP contribution in [0.25, 0.3) is 0 Å². The molecule has 2 aromatic carbocycles. The van der Waals surface area contributed by atoms with E-state index < -0.39 is 0 Å². The molecule has 2 heteroatoms. The van der Waals surface area contributed by atoms with Crippen LogP contribution in [0, 0.1) is 6.92 Å². The Morgan fingerprint density at radius 2 is 1.78 bits per heavy atom. The van der Waals surface area contributed by atoms with Crippen LogP contribution in [0.3, 0.4) is 0 Å². The van der Waals surface area contributed by atoms with Gasteiger partial charge in [-0.15, -0.1) is 0 Å². The van der Waals surface area contributed by atoms with Crippen LogP contribution in [0.4, 0.5) is 0 Å². The van der Waals surface area contributed by atoms with Crippen molar-refractivity contribution in [1.29, 1.82) is 0 Å². The molecule has 0 aromatic heterocycles. The maximum absolute atomic E-state index is 3.54. The first kappa shape index (κ1) is 13.3. The van der Waals surface area contributed by atoms with Gasteiger partial charge >= 0.3 is 0 Å². The van der Waals surface area contributed by atoms with E-state index in [-0.39, 0.29) is 6.04 Å². The second-order valence-electron chi connectivity index (χ2n) is 4.46. The van der Waals surface area contributed by atoms with E-state index in [4.69, 9.17) is 0 Å². The van der Waals surface area contributed by atoms with Crippen molar-refractivity contribution < 1.29 is 0 Å². The van der Waals surface area contributed by atoms with Crippen LogP contribution >= 0.6 is 15.9 Å². The molecule has 2 rings (SSSR count). The van der Waals surface area contributed by atoms with Crippen molar-refractivity contribution in [2.45, 2.75) is 19.9 Å². The molecular weight excluding hydrogens is 286 g/mol. The highest BCUT2D eigenvalue weighted by Crippen LogP contribution is 2.24. The third-order valence-corrected chi connectivity index (χ3v) is 3.49. The van der Waals surface area contributed by atoms with E-state index in [1.54, 1.807) is 0 Å². The topological polar surface area (TPSA) is 12.0 Å². The Morgan fingerprint density at radius 1 is 1.06 bits per heavy atom. The zero-order chi connectivity index (χ0) is 13.0. The molecule has 1 unspecified atom stereocenters. The van der Waals surface area contributed by atoms with E-state index in [1.807, 2.05) is 0 Å². The summed E-state index contributed by atoms with van der Waals surface area (Å²) in [4.78, 5) is 0. The van der Waals surface area contributed by atoms with E-state index in [0.717, 1.165) is 11.0 Å². The van der Waals surface area contributed by atoms with Gasteiger partial charge in [-0.1, -0.05) is 64.8 Å². The number of benzene rings is 2. The lowest BCUT2D eigenvalue weighted by Crippen LogP contribution is -2.21. The van der Waals surface area contributed by atoms with Gasteiger partial charge in [-0.2, -0.15) is 0 Å². The first-order valence-electron chi connectivity index (χ1n) is 6.26. The quantitative estimate of drug-likeness (QED) is 0.879. The molecule has 1 atom stereocenters. The van der Waals surface area contributed by atoms with Crippen LogP contribution < -0.4 is 5.32 Å². The minimum atomic E-state index is 0.257. The average Bonchev–Trinajstić information content (AvgIpc) is 2.37. The Kier molecular flexibility index (Phi) is 4.56. The summed E-state index contributed by atoms with van der Waals surface area (Å²) in [5, 5.41) is 3.54. The van der Waals surface area contributed by atoms with E-state index in [2.05, 4.69) is 83.6 Å². The number of nitrogens with one attached hydrogen (secondary N) is 1. The number of hydrogen-bond acceptors (Lipinski definition) is 1. The molecule has 0 radical (unpaired) electrons. The average molecular weight is 304 g/mol. The highest BCUT2D eigenvalue weighted by atomic mass is 79.9. The summed E-state index contributed by atoms with van der Waals surface area (Å²) in [5.41, 5.74) is 3.89. The molecule has 0 bridgehead atoms. The Morgan fingerprint density at radius 3 is 2.39 bits per heavy atom. The molecule has 0 saturated heterocycles. The van der Waals surface area contributed by atoms with Crippen molar-refractivity contribution in [3.05, 3.63) is 69.7 Å². The molecule has 0 saturated carbocycles. The molecule has 0 spiro atoms. The molecule has 18 heavy (non-hydrogen) atoms. The molecule has 94 valence electrons. The van der Waals surface area contributed by atoms with E-state index in [1.165, 1.54) is 16.7 Å². The Bertz CT molecular complexity index is 505. The van der Waals surface area contributed by atoms with Crippen LogP contribution in [-0.2, 0) is 0 Å². The van der Waals surface area contributed by atoms with Crippen LogP contribution in [-0.4, -0.2) is 6.54 Å². The summed E-state index contributed by atoms with van der Waals surface area (Å²) in [7, 11) is 0. The van der Waals surface area contributed by atoms with Crippen LogP contribution in [0.15, 0.2) is 53.0 Å². The highest BCUT2D eigenvalue weighted by molar-refractivity contribution is 9.10. The lowest BCUT2D eigenvalue weighted by Gasteiger charge is -2.19. The fourth-order valence-electron chi connectivity index (χ4n) is 2.08. The van der Waals surface area contributed by atoms with Crippen molar-refractivity contribution in [3.63, 3.8) is 0 Å². The van der Waals surface area contributed by atoms with Crippen molar-refractivity contribution in [2.24, 2.45) is 0 Å². The molecule has 1 nitrogen and oxygen atoms in total. The maximum atomic E-state index is 3.54. The number of hydrogen-bond donors (Lipinski definition) is 1. The third kappa shape index (κ3) is 3.21. The van der Waals surface area contributed by atoms with Gasteiger partial charge in [0.2, 0.25) is 0 Å². The predicted molar refractivity (Wildman–Crippen MR) is 80.8 cm³/mol. The summed E-state index contributed by atoms with van der Waals surface area (Å²) in [6.45, 7) is 5.20. The van der Waals surface area contributed by atoms with Gasteiger partial charge in [-0.3, -0.25) is 0 Å². The van der Waals surface area contributed by atoms with Crippen LogP contribution in [0.1, 0.15) is 29.7 Å². The number of rotatable bonds is 4. The Labute approximate surface area is 117 Å². The smallest absolute Gasteiger partial charge is 0.0577 e. The minimum Gasteiger partial charge on any atom is -0.307 e. The largest absolute Gasteiger partial charge is 0.307 e. The first-order valence-corrected chi connectivity index (χ1v) is 7.05. The lowest BCUT2D eigenvalue weighted by atomic mass is 9.98. The number of halogens is 1. The van der Waals surface area contributed by atoms with Crippen molar-refractivity contribution in [1.82, 2.24) is 5.32 Å². The summed E-state index contributed by atoms with van der Waals surface area (Å²) < 4.78 is 1.12. The molecule has 0 aliphatic rings. The van der Waals surface area contributed by atoms with Crippen molar-refractivity contribution in [2.75, 3.05) is 6.54 Å². The van der Waals surface area contributed by atoms with Gasteiger partial charge in [0.15, 0.2) is 0 Å². The molecule has 1 N–H and O–H groups in total. The first-order chi connectivity index (χ1) is 8.70. The molecule has 2 aromatic rings. The fourth-order valence-corrected chi connectivity index (χ4v) is 2.49. The molecule has 0 amide bonds. The molecule has 0 aliphatic carbocycles. The summed E-state index contributed by atoms with van der Waals surface area (Å²) >= 11 is 3.54. The van der Waals surface area contributed by atoms with Crippen molar-refractivity contribution in [3.8, 4) is 0 Å². The molecule has 0 fully saturated rings. The predicted octanol–water partition coefficient (Wildman–Crippen LogP) is 4.46. The summed E-state index contributed by atoms with van der Waals surface area (Å²) in [5.74, 6) is 0. The van der Waals surface area contributed by atoms with Gasteiger partial charge in [-0.25, -0.2) is 0 Å². The Hall–Kier alpha value is -1.12. The zero-order valence-corrected chi connectivity index (χ0v) is 12.4. The fraction of sp³-hybridized carbons (Fsp3) is 0.250. The van der Waals surface area contributed by atoms with E-state index in [9.17, 15) is 0 Å². The van der Waals surface area contributed by atoms with E-state index in [0.29, 0.717) is 0 Å². The SMILES string of the molecule is CCNC(c1ccc(C)cc1)c1cccc(Br)c1. The van der Waals surface area contributed by atoms with Gasteiger partial charge in [0, 0.05) is 4.47 Å². The van der Waals surface area contributed by atoms with Crippen LogP contribution in [0.2, 0.25) is 0 Å². The Balaban J connectivity index is 2.36. The normalized spacial score (nSPS) is 12.4. The lowest BCUT2D eigenvalue weighted by molar-refractivity contribution is 0.630. The van der Waals surface area contributed by atoms with Gasteiger partial charge in [-0.05, 0) is 36.7 Å². The standard InChI is InChI=1S/C16H18BrN/c1-3-18-16(13-9-7-12(2)8-10-13)14-5-4-6-15(17)11-14/h4-11,16,18H,3H2,1-2H3. The molecule has 0 aliphatic heterocycles. The molecular formula is C16H18BrN.